The molecule has 1 fully saturated rings. The Morgan fingerprint density at radius 2 is 1.90 bits per heavy atom. The molecule has 3 rings (SSSR count). The van der Waals surface area contributed by atoms with Crippen molar-refractivity contribution in [1.82, 2.24) is 9.88 Å². The van der Waals surface area contributed by atoms with Gasteiger partial charge in [0.1, 0.15) is 0 Å². The third-order valence-electron chi connectivity index (χ3n) is 4.31. The largest absolute Gasteiger partial charge is 0.388 e. The number of hydrogen-bond acceptors (Lipinski definition) is 3. The highest BCUT2D eigenvalue weighted by atomic mass is 16.3. The van der Waals surface area contributed by atoms with Crippen molar-refractivity contribution in [3.8, 4) is 0 Å². The molecule has 3 heteroatoms. The number of likely N-dealkylation sites (tertiary alicyclic amines) is 1. The summed E-state index contributed by atoms with van der Waals surface area (Å²) in [6.07, 6.45) is 6.54. The van der Waals surface area contributed by atoms with E-state index in [1.165, 1.54) is 18.4 Å². The fourth-order valence-electron chi connectivity index (χ4n) is 3.16. The van der Waals surface area contributed by atoms with Crippen LogP contribution in [-0.2, 0) is 6.54 Å². The summed E-state index contributed by atoms with van der Waals surface area (Å²) in [6, 6.07) is 14.6. The second-order valence-electron chi connectivity index (χ2n) is 5.78. The van der Waals surface area contributed by atoms with Gasteiger partial charge in [-0.05, 0) is 49.1 Å². The zero-order valence-corrected chi connectivity index (χ0v) is 12.2. The fourth-order valence-corrected chi connectivity index (χ4v) is 3.16. The molecule has 1 saturated heterocycles. The number of rotatable bonds is 5. The topological polar surface area (TPSA) is 36.4 Å². The van der Waals surface area contributed by atoms with E-state index in [2.05, 4.69) is 22.0 Å². The lowest BCUT2D eigenvalue weighted by Gasteiger charge is -2.26. The van der Waals surface area contributed by atoms with E-state index in [1.807, 2.05) is 42.7 Å². The Morgan fingerprint density at radius 1 is 1.14 bits per heavy atom. The molecule has 0 unspecified atom stereocenters. The lowest BCUT2D eigenvalue weighted by Crippen LogP contribution is -2.30. The number of pyridine rings is 1. The van der Waals surface area contributed by atoms with Crippen molar-refractivity contribution in [3.05, 3.63) is 66.0 Å². The minimum atomic E-state index is -0.366. The summed E-state index contributed by atoms with van der Waals surface area (Å²) < 4.78 is 0. The molecule has 1 N–H and O–H groups in total. The maximum atomic E-state index is 10.4. The molecular weight excluding hydrogens is 260 g/mol. The molecule has 1 aliphatic rings. The van der Waals surface area contributed by atoms with Gasteiger partial charge in [0.25, 0.3) is 0 Å². The molecule has 3 nitrogen and oxygen atoms in total. The standard InChI is InChI=1S/C18H22N2O/c21-18(16-5-2-1-3-6-16)13-17-7-4-12-20(17)14-15-8-10-19-11-9-15/h1-3,5-6,8-11,17-18,21H,4,7,12-14H2/t17-,18-/m0/s1. The smallest absolute Gasteiger partial charge is 0.0805 e. The van der Waals surface area contributed by atoms with Crippen LogP contribution in [0.4, 0.5) is 0 Å². The highest BCUT2D eigenvalue weighted by Gasteiger charge is 2.27. The first-order valence-corrected chi connectivity index (χ1v) is 7.69. The molecule has 0 radical (unpaired) electrons. The lowest BCUT2D eigenvalue weighted by molar-refractivity contribution is 0.118. The minimum absolute atomic E-state index is 0.366. The minimum Gasteiger partial charge on any atom is -0.388 e. The van der Waals surface area contributed by atoms with Crippen LogP contribution < -0.4 is 0 Å². The van der Waals surface area contributed by atoms with E-state index in [0.29, 0.717) is 6.04 Å². The van der Waals surface area contributed by atoms with E-state index in [-0.39, 0.29) is 6.10 Å². The van der Waals surface area contributed by atoms with E-state index >= 15 is 0 Å². The van der Waals surface area contributed by atoms with Crippen LogP contribution in [0.1, 0.15) is 36.5 Å². The van der Waals surface area contributed by atoms with Gasteiger partial charge in [0.05, 0.1) is 6.10 Å². The quantitative estimate of drug-likeness (QED) is 0.915. The predicted octanol–water partition coefficient (Wildman–Crippen LogP) is 3.17. The van der Waals surface area contributed by atoms with E-state index < -0.39 is 0 Å². The van der Waals surface area contributed by atoms with Gasteiger partial charge in [-0.15, -0.1) is 0 Å². The fraction of sp³-hybridized carbons (Fsp3) is 0.389. The molecule has 2 heterocycles. The summed E-state index contributed by atoms with van der Waals surface area (Å²) in [7, 11) is 0. The third kappa shape index (κ3) is 3.69. The van der Waals surface area contributed by atoms with E-state index in [4.69, 9.17) is 0 Å². The van der Waals surface area contributed by atoms with E-state index in [9.17, 15) is 5.11 Å². The van der Waals surface area contributed by atoms with Crippen LogP contribution >= 0.6 is 0 Å². The predicted molar refractivity (Wildman–Crippen MR) is 83.7 cm³/mol. The highest BCUT2D eigenvalue weighted by molar-refractivity contribution is 5.17. The Balaban J connectivity index is 1.62. The van der Waals surface area contributed by atoms with Gasteiger partial charge in [0.15, 0.2) is 0 Å². The van der Waals surface area contributed by atoms with Crippen LogP contribution in [0.2, 0.25) is 0 Å². The molecule has 0 spiro atoms. The highest BCUT2D eigenvalue weighted by Crippen LogP contribution is 2.28. The molecule has 1 aliphatic heterocycles. The van der Waals surface area contributed by atoms with Gasteiger partial charge in [-0.1, -0.05) is 30.3 Å². The van der Waals surface area contributed by atoms with E-state index in [1.54, 1.807) is 0 Å². The van der Waals surface area contributed by atoms with Crippen molar-refractivity contribution in [3.63, 3.8) is 0 Å². The van der Waals surface area contributed by atoms with Crippen LogP contribution in [0.25, 0.3) is 0 Å². The molecule has 1 aromatic heterocycles. The average Bonchev–Trinajstić information content (AvgIpc) is 2.96. The molecule has 2 aromatic rings. The van der Waals surface area contributed by atoms with Gasteiger partial charge in [-0.25, -0.2) is 0 Å². The number of benzene rings is 1. The monoisotopic (exact) mass is 282 g/mol. The summed E-state index contributed by atoms with van der Waals surface area (Å²) in [5, 5.41) is 10.4. The van der Waals surface area contributed by atoms with Crippen LogP contribution in [0.15, 0.2) is 54.9 Å². The van der Waals surface area contributed by atoms with Crippen LogP contribution in [-0.4, -0.2) is 27.6 Å². The van der Waals surface area contributed by atoms with Crippen molar-refractivity contribution in [1.29, 1.82) is 0 Å². The average molecular weight is 282 g/mol. The Kier molecular flexibility index (Phi) is 4.63. The summed E-state index contributed by atoms with van der Waals surface area (Å²) in [6.45, 7) is 2.07. The van der Waals surface area contributed by atoms with Crippen molar-refractivity contribution in [2.75, 3.05) is 6.54 Å². The number of aromatic nitrogens is 1. The number of aliphatic hydroxyl groups is 1. The molecule has 0 saturated carbocycles. The Morgan fingerprint density at radius 3 is 2.67 bits per heavy atom. The van der Waals surface area contributed by atoms with Gasteiger partial charge >= 0.3 is 0 Å². The first kappa shape index (κ1) is 14.2. The van der Waals surface area contributed by atoms with Crippen molar-refractivity contribution in [2.24, 2.45) is 0 Å². The van der Waals surface area contributed by atoms with Crippen molar-refractivity contribution in [2.45, 2.75) is 38.0 Å². The first-order chi connectivity index (χ1) is 10.3. The zero-order valence-electron chi connectivity index (χ0n) is 12.2. The third-order valence-corrected chi connectivity index (χ3v) is 4.31. The Labute approximate surface area is 126 Å². The summed E-state index contributed by atoms with van der Waals surface area (Å²) in [4.78, 5) is 6.56. The number of aliphatic hydroxyl groups excluding tert-OH is 1. The zero-order chi connectivity index (χ0) is 14.5. The lowest BCUT2D eigenvalue weighted by atomic mass is 10.0. The van der Waals surface area contributed by atoms with E-state index in [0.717, 1.165) is 25.1 Å². The molecular formula is C18H22N2O. The Hall–Kier alpha value is -1.71. The summed E-state index contributed by atoms with van der Waals surface area (Å²) in [5.74, 6) is 0. The molecule has 110 valence electrons. The van der Waals surface area contributed by atoms with Gasteiger partial charge in [-0.3, -0.25) is 9.88 Å². The first-order valence-electron chi connectivity index (χ1n) is 7.69. The second kappa shape index (κ2) is 6.83. The molecule has 2 atom stereocenters. The van der Waals surface area contributed by atoms with Gasteiger partial charge < -0.3 is 5.11 Å². The SMILES string of the molecule is O[C@@H](C[C@@H]1CCCN1Cc1ccncc1)c1ccccc1. The van der Waals surface area contributed by atoms with Crippen LogP contribution in [0.3, 0.4) is 0 Å². The Bertz CT molecular complexity index is 544. The van der Waals surface area contributed by atoms with Gasteiger partial charge in [0.2, 0.25) is 0 Å². The maximum Gasteiger partial charge on any atom is 0.0805 e. The molecule has 0 amide bonds. The van der Waals surface area contributed by atoms with Gasteiger partial charge in [-0.2, -0.15) is 0 Å². The number of hydrogen-bond donors (Lipinski definition) is 1. The molecule has 21 heavy (non-hydrogen) atoms. The van der Waals surface area contributed by atoms with Gasteiger partial charge in [0, 0.05) is 25.0 Å². The van der Waals surface area contributed by atoms with Crippen molar-refractivity contribution < 1.29 is 5.11 Å². The maximum absolute atomic E-state index is 10.4. The number of nitrogens with zero attached hydrogens (tertiary/aromatic N) is 2. The molecule has 0 bridgehead atoms. The molecule has 0 aliphatic carbocycles. The molecule has 1 aromatic carbocycles. The summed E-state index contributed by atoms with van der Waals surface area (Å²) >= 11 is 0. The van der Waals surface area contributed by atoms with Crippen molar-refractivity contribution >= 4 is 0 Å². The van der Waals surface area contributed by atoms with Crippen LogP contribution in [0, 0.1) is 0 Å². The second-order valence-corrected chi connectivity index (χ2v) is 5.78. The normalized spacial score (nSPS) is 20.5. The van der Waals surface area contributed by atoms with Crippen LogP contribution in [0.5, 0.6) is 0 Å². The summed E-state index contributed by atoms with van der Waals surface area (Å²) in [5.41, 5.74) is 2.32.